The number of hydrogen-bond acceptors (Lipinski definition) is 6. The molecule has 3 rings (SSSR count). The van der Waals surface area contributed by atoms with Gasteiger partial charge in [0.1, 0.15) is 24.1 Å². The van der Waals surface area contributed by atoms with E-state index in [9.17, 15) is 9.59 Å². The molecule has 1 aromatic heterocycles. The Labute approximate surface area is 156 Å². The van der Waals surface area contributed by atoms with E-state index in [0.717, 1.165) is 16.2 Å². The number of carbonyl (C=O) groups excluding carboxylic acids is 1. The number of aromatic nitrogens is 2. The van der Waals surface area contributed by atoms with Gasteiger partial charge in [-0.1, -0.05) is 22.0 Å². The second-order valence-corrected chi connectivity index (χ2v) is 6.15. The first kappa shape index (κ1) is 17.6. The van der Waals surface area contributed by atoms with Crippen molar-refractivity contribution in [3.63, 3.8) is 0 Å². The maximum absolute atomic E-state index is 11.2. The number of carboxylic acids is 1. The molecule has 3 aromatic rings. The van der Waals surface area contributed by atoms with E-state index in [4.69, 9.17) is 5.11 Å². The SMILES string of the molecule is O=C/C=C(/Nc1ccc2ncnc(Nc3cccc(Br)c3)c2c1)C(=O)O. The maximum atomic E-state index is 11.2. The van der Waals surface area contributed by atoms with Crippen LogP contribution >= 0.6 is 15.9 Å². The van der Waals surface area contributed by atoms with Crippen molar-refractivity contribution >= 4 is 56.3 Å². The molecular formula is C18H13BrN4O3. The zero-order valence-corrected chi connectivity index (χ0v) is 14.9. The van der Waals surface area contributed by atoms with Gasteiger partial charge in [-0.2, -0.15) is 0 Å². The number of nitrogens with zero attached hydrogens (tertiary/aromatic N) is 2. The second kappa shape index (κ2) is 7.75. The van der Waals surface area contributed by atoms with Crippen molar-refractivity contribution in [1.82, 2.24) is 9.97 Å². The van der Waals surface area contributed by atoms with E-state index in [0.29, 0.717) is 28.7 Å². The van der Waals surface area contributed by atoms with Crippen LogP contribution in [0.25, 0.3) is 10.9 Å². The molecule has 0 aliphatic rings. The van der Waals surface area contributed by atoms with E-state index in [1.54, 1.807) is 18.2 Å². The van der Waals surface area contributed by atoms with Gasteiger partial charge >= 0.3 is 5.97 Å². The summed E-state index contributed by atoms with van der Waals surface area (Å²) < 4.78 is 0.924. The molecule has 26 heavy (non-hydrogen) atoms. The lowest BCUT2D eigenvalue weighted by molar-refractivity contribution is -0.132. The van der Waals surface area contributed by atoms with Crippen molar-refractivity contribution in [1.29, 1.82) is 0 Å². The van der Waals surface area contributed by atoms with Crippen LogP contribution in [0.5, 0.6) is 0 Å². The zero-order chi connectivity index (χ0) is 18.5. The molecule has 0 unspecified atom stereocenters. The van der Waals surface area contributed by atoms with Gasteiger partial charge in [0.05, 0.1) is 5.52 Å². The third-order valence-corrected chi connectivity index (χ3v) is 3.96. The molecule has 0 atom stereocenters. The molecule has 1 heterocycles. The van der Waals surface area contributed by atoms with Crippen molar-refractivity contribution in [2.45, 2.75) is 0 Å². The van der Waals surface area contributed by atoms with E-state index in [-0.39, 0.29) is 5.70 Å². The van der Waals surface area contributed by atoms with Crippen LogP contribution in [-0.4, -0.2) is 27.3 Å². The fraction of sp³-hybridized carbons (Fsp3) is 0. The van der Waals surface area contributed by atoms with Crippen molar-refractivity contribution < 1.29 is 14.7 Å². The second-order valence-electron chi connectivity index (χ2n) is 5.24. The molecule has 2 aromatic carbocycles. The van der Waals surface area contributed by atoms with E-state index >= 15 is 0 Å². The number of hydrogen-bond donors (Lipinski definition) is 3. The number of aliphatic carboxylic acids is 1. The average Bonchev–Trinajstić information content (AvgIpc) is 2.62. The Bertz CT molecular complexity index is 1020. The number of nitrogens with one attached hydrogen (secondary N) is 2. The Balaban J connectivity index is 1.99. The van der Waals surface area contributed by atoms with Gasteiger partial charge in [-0.05, 0) is 36.4 Å². The number of carbonyl (C=O) groups is 2. The molecule has 0 aliphatic heterocycles. The monoisotopic (exact) mass is 412 g/mol. The Hall–Kier alpha value is -3.26. The smallest absolute Gasteiger partial charge is 0.352 e. The summed E-state index contributed by atoms with van der Waals surface area (Å²) in [6.07, 6.45) is 2.82. The average molecular weight is 413 g/mol. The number of anilines is 3. The quantitative estimate of drug-likeness (QED) is 0.418. The van der Waals surface area contributed by atoms with Crippen molar-refractivity contribution in [2.24, 2.45) is 0 Å². The summed E-state index contributed by atoms with van der Waals surface area (Å²) in [6, 6.07) is 12.8. The van der Waals surface area contributed by atoms with E-state index in [2.05, 4.69) is 36.5 Å². The summed E-state index contributed by atoms with van der Waals surface area (Å²) in [5, 5.41) is 15.8. The molecule has 0 spiro atoms. The lowest BCUT2D eigenvalue weighted by atomic mass is 10.2. The number of allylic oxidation sites excluding steroid dienone is 1. The Kier molecular flexibility index (Phi) is 5.23. The molecule has 0 saturated heterocycles. The van der Waals surface area contributed by atoms with Crippen LogP contribution in [-0.2, 0) is 9.59 Å². The van der Waals surface area contributed by atoms with Crippen LogP contribution in [0.4, 0.5) is 17.2 Å². The van der Waals surface area contributed by atoms with Gasteiger partial charge in [0.2, 0.25) is 0 Å². The third-order valence-electron chi connectivity index (χ3n) is 3.47. The molecule has 3 N–H and O–H groups in total. The normalized spacial score (nSPS) is 11.2. The lowest BCUT2D eigenvalue weighted by Crippen LogP contribution is -2.10. The summed E-state index contributed by atoms with van der Waals surface area (Å²) in [4.78, 5) is 30.2. The van der Waals surface area contributed by atoms with Crippen LogP contribution in [0.1, 0.15) is 0 Å². The Morgan fingerprint density at radius 2 is 1.96 bits per heavy atom. The number of rotatable bonds is 6. The third kappa shape index (κ3) is 4.04. The highest BCUT2D eigenvalue weighted by Gasteiger charge is 2.10. The van der Waals surface area contributed by atoms with Gasteiger partial charge in [0, 0.05) is 27.3 Å². The number of halogens is 1. The minimum Gasteiger partial charge on any atom is -0.477 e. The van der Waals surface area contributed by atoms with Gasteiger partial charge in [-0.15, -0.1) is 0 Å². The van der Waals surface area contributed by atoms with Gasteiger partial charge < -0.3 is 15.7 Å². The van der Waals surface area contributed by atoms with Crippen LogP contribution in [0.2, 0.25) is 0 Å². The number of carboxylic acid groups (broad SMARTS) is 1. The highest BCUT2D eigenvalue weighted by molar-refractivity contribution is 9.10. The van der Waals surface area contributed by atoms with Crippen molar-refractivity contribution in [3.05, 3.63) is 65.0 Å². The summed E-state index contributed by atoms with van der Waals surface area (Å²) >= 11 is 3.42. The lowest BCUT2D eigenvalue weighted by Gasteiger charge is -2.11. The van der Waals surface area contributed by atoms with Gasteiger partial charge in [-0.25, -0.2) is 14.8 Å². The molecular weight excluding hydrogens is 400 g/mol. The summed E-state index contributed by atoms with van der Waals surface area (Å²) in [5.74, 6) is -0.651. The standard InChI is InChI=1S/C18H13BrN4O3/c19-11-2-1-3-12(8-11)23-17-14-9-13(4-5-15(14)20-10-21-17)22-16(6-7-24)18(25)26/h1-10,22H,(H,25,26)(H,20,21,23)/b16-6+. The largest absolute Gasteiger partial charge is 0.477 e. The van der Waals surface area contributed by atoms with Gasteiger partial charge in [0.25, 0.3) is 0 Å². The number of benzene rings is 2. The summed E-state index contributed by atoms with van der Waals surface area (Å²) in [5.41, 5.74) is 1.81. The molecule has 0 fully saturated rings. The molecule has 8 heteroatoms. The zero-order valence-electron chi connectivity index (χ0n) is 13.3. The molecule has 130 valence electrons. The van der Waals surface area contributed by atoms with Crippen LogP contribution < -0.4 is 10.6 Å². The fourth-order valence-electron chi connectivity index (χ4n) is 2.33. The molecule has 7 nitrogen and oxygen atoms in total. The highest BCUT2D eigenvalue weighted by atomic mass is 79.9. The predicted molar refractivity (Wildman–Crippen MR) is 102 cm³/mol. The summed E-state index contributed by atoms with van der Waals surface area (Å²) in [6.45, 7) is 0. The minimum atomic E-state index is -1.23. The minimum absolute atomic E-state index is 0.224. The van der Waals surface area contributed by atoms with Crippen molar-refractivity contribution in [2.75, 3.05) is 10.6 Å². The number of fused-ring (bicyclic) bond motifs is 1. The van der Waals surface area contributed by atoms with Crippen LogP contribution in [0.15, 0.2) is 65.0 Å². The fourth-order valence-corrected chi connectivity index (χ4v) is 2.73. The van der Waals surface area contributed by atoms with Gasteiger partial charge in [-0.3, -0.25) is 4.79 Å². The Morgan fingerprint density at radius 3 is 2.69 bits per heavy atom. The van der Waals surface area contributed by atoms with Crippen LogP contribution in [0, 0.1) is 0 Å². The summed E-state index contributed by atoms with van der Waals surface area (Å²) in [7, 11) is 0. The van der Waals surface area contributed by atoms with Gasteiger partial charge in [0.15, 0.2) is 0 Å². The Morgan fingerprint density at radius 1 is 1.12 bits per heavy atom. The van der Waals surface area contributed by atoms with Crippen LogP contribution in [0.3, 0.4) is 0 Å². The highest BCUT2D eigenvalue weighted by Crippen LogP contribution is 2.27. The molecule has 0 amide bonds. The first-order chi connectivity index (χ1) is 12.6. The topological polar surface area (TPSA) is 104 Å². The molecule has 0 saturated carbocycles. The van der Waals surface area contributed by atoms with E-state index in [1.807, 2.05) is 24.3 Å². The first-order valence-corrected chi connectivity index (χ1v) is 8.29. The molecule has 0 radical (unpaired) electrons. The molecule has 0 aliphatic carbocycles. The first-order valence-electron chi connectivity index (χ1n) is 7.50. The molecule has 0 bridgehead atoms. The predicted octanol–water partition coefficient (Wildman–Crippen LogP) is 3.72. The van der Waals surface area contributed by atoms with E-state index < -0.39 is 5.97 Å². The maximum Gasteiger partial charge on any atom is 0.352 e. The van der Waals surface area contributed by atoms with Crippen molar-refractivity contribution in [3.8, 4) is 0 Å². The van der Waals surface area contributed by atoms with E-state index in [1.165, 1.54) is 6.33 Å². The number of aldehydes is 1.